The van der Waals surface area contributed by atoms with Crippen LogP contribution in [0.2, 0.25) is 0 Å². The van der Waals surface area contributed by atoms with E-state index in [1.807, 2.05) is 17.5 Å². The minimum atomic E-state index is 0. The molecule has 0 saturated carbocycles. The molecule has 110 valence electrons. The molecule has 7 heteroatoms. The van der Waals surface area contributed by atoms with Crippen LogP contribution in [0.1, 0.15) is 19.2 Å². The van der Waals surface area contributed by atoms with Gasteiger partial charge < -0.3 is 10.3 Å². The molecule has 5 nitrogen and oxygen atoms in total. The fourth-order valence-electron chi connectivity index (χ4n) is 2.45. The second-order valence-electron chi connectivity index (χ2n) is 5.13. The van der Waals surface area contributed by atoms with E-state index in [1.165, 1.54) is 0 Å². The summed E-state index contributed by atoms with van der Waals surface area (Å²) in [5.74, 6) is 1.96. The first-order valence-electron chi connectivity index (χ1n) is 6.57. The zero-order valence-corrected chi connectivity index (χ0v) is 13.0. The molecular weight excluding hydrogens is 296 g/mol. The van der Waals surface area contributed by atoms with Gasteiger partial charge in [-0.05, 0) is 37.3 Å². The standard InChI is InChI=1S/C13H18N4OS.ClH/c1-9(14)10-4-5-17(7-10)8-12-15-13(16-18-12)11-3-2-6-19-11;/h2-3,6,9-10H,4-5,7-8,14H2,1H3;1H. The van der Waals surface area contributed by atoms with Crippen LogP contribution in [0.5, 0.6) is 0 Å². The van der Waals surface area contributed by atoms with Gasteiger partial charge in [0.25, 0.3) is 0 Å². The molecule has 1 aliphatic heterocycles. The number of rotatable bonds is 4. The number of nitrogens with two attached hydrogens (primary N) is 1. The van der Waals surface area contributed by atoms with Crippen LogP contribution in [0.25, 0.3) is 10.7 Å². The number of nitrogens with zero attached hydrogens (tertiary/aromatic N) is 3. The van der Waals surface area contributed by atoms with Gasteiger partial charge in [-0.15, -0.1) is 23.7 Å². The molecule has 1 saturated heterocycles. The lowest BCUT2D eigenvalue weighted by atomic mass is 10.0. The SMILES string of the molecule is CC(N)C1CCN(Cc2nc(-c3cccs3)no2)C1.Cl. The Morgan fingerprint density at radius 3 is 3.10 bits per heavy atom. The van der Waals surface area contributed by atoms with Crippen molar-refractivity contribution in [3.8, 4) is 10.7 Å². The van der Waals surface area contributed by atoms with Crippen molar-refractivity contribution in [3.05, 3.63) is 23.4 Å². The molecule has 0 amide bonds. The summed E-state index contributed by atoms with van der Waals surface area (Å²) in [7, 11) is 0. The average Bonchev–Trinajstić information content (AvgIpc) is 3.09. The number of aromatic nitrogens is 2. The Morgan fingerprint density at radius 1 is 1.60 bits per heavy atom. The molecule has 2 aromatic rings. The van der Waals surface area contributed by atoms with Crippen LogP contribution < -0.4 is 5.73 Å². The van der Waals surface area contributed by atoms with Crippen molar-refractivity contribution in [1.82, 2.24) is 15.0 Å². The Kier molecular flexibility index (Phi) is 5.15. The molecule has 3 rings (SSSR count). The molecule has 1 fully saturated rings. The van der Waals surface area contributed by atoms with Gasteiger partial charge in [0.2, 0.25) is 11.7 Å². The summed E-state index contributed by atoms with van der Waals surface area (Å²) in [6, 6.07) is 4.25. The van der Waals surface area contributed by atoms with Crippen molar-refractivity contribution in [2.24, 2.45) is 11.7 Å². The van der Waals surface area contributed by atoms with E-state index in [4.69, 9.17) is 10.3 Å². The van der Waals surface area contributed by atoms with Crippen LogP contribution in [0.3, 0.4) is 0 Å². The maximum atomic E-state index is 5.94. The Labute approximate surface area is 128 Å². The first-order chi connectivity index (χ1) is 9.22. The molecule has 0 aliphatic carbocycles. The third kappa shape index (κ3) is 3.38. The zero-order chi connectivity index (χ0) is 13.2. The van der Waals surface area contributed by atoms with Gasteiger partial charge in [-0.1, -0.05) is 11.2 Å². The highest BCUT2D eigenvalue weighted by atomic mass is 35.5. The van der Waals surface area contributed by atoms with Gasteiger partial charge in [0.15, 0.2) is 0 Å². The predicted octanol–water partition coefficient (Wildman–Crippen LogP) is 2.39. The number of hydrogen-bond donors (Lipinski definition) is 1. The van der Waals surface area contributed by atoms with E-state index in [2.05, 4.69) is 22.0 Å². The summed E-state index contributed by atoms with van der Waals surface area (Å²) < 4.78 is 5.32. The van der Waals surface area contributed by atoms with Crippen molar-refractivity contribution in [2.45, 2.75) is 25.9 Å². The summed E-state index contributed by atoms with van der Waals surface area (Å²) in [6.45, 7) is 4.88. The lowest BCUT2D eigenvalue weighted by Gasteiger charge is -2.15. The predicted molar refractivity (Wildman–Crippen MR) is 81.9 cm³/mol. The number of hydrogen-bond acceptors (Lipinski definition) is 6. The lowest BCUT2D eigenvalue weighted by molar-refractivity contribution is 0.257. The molecule has 0 bridgehead atoms. The Hall–Kier alpha value is -0.950. The highest BCUT2D eigenvalue weighted by Gasteiger charge is 2.26. The molecule has 3 heterocycles. The van der Waals surface area contributed by atoms with Gasteiger partial charge in [0, 0.05) is 12.6 Å². The lowest BCUT2D eigenvalue weighted by Crippen LogP contribution is -2.29. The summed E-state index contributed by atoms with van der Waals surface area (Å²) in [4.78, 5) is 7.83. The average molecular weight is 315 g/mol. The molecule has 0 spiro atoms. The highest BCUT2D eigenvalue weighted by molar-refractivity contribution is 7.13. The third-order valence-electron chi connectivity index (χ3n) is 3.62. The van der Waals surface area contributed by atoms with Crippen molar-refractivity contribution >= 4 is 23.7 Å². The van der Waals surface area contributed by atoms with E-state index in [-0.39, 0.29) is 18.4 Å². The fourth-order valence-corrected chi connectivity index (χ4v) is 3.10. The largest absolute Gasteiger partial charge is 0.338 e. The molecule has 1 aliphatic rings. The van der Waals surface area contributed by atoms with E-state index in [0.29, 0.717) is 17.6 Å². The monoisotopic (exact) mass is 314 g/mol. The Morgan fingerprint density at radius 2 is 2.45 bits per heavy atom. The van der Waals surface area contributed by atoms with E-state index >= 15 is 0 Å². The van der Waals surface area contributed by atoms with Crippen LogP contribution in [0.4, 0.5) is 0 Å². The first kappa shape index (κ1) is 15.4. The smallest absolute Gasteiger partial charge is 0.241 e. The maximum Gasteiger partial charge on any atom is 0.241 e. The van der Waals surface area contributed by atoms with Crippen LogP contribution >= 0.6 is 23.7 Å². The van der Waals surface area contributed by atoms with Gasteiger partial charge in [0.1, 0.15) is 0 Å². The van der Waals surface area contributed by atoms with E-state index in [0.717, 1.165) is 30.9 Å². The third-order valence-corrected chi connectivity index (χ3v) is 4.49. The molecule has 2 atom stereocenters. The molecule has 20 heavy (non-hydrogen) atoms. The molecule has 0 radical (unpaired) electrons. The Balaban J connectivity index is 0.00000147. The van der Waals surface area contributed by atoms with Crippen LogP contribution in [-0.4, -0.2) is 34.2 Å². The van der Waals surface area contributed by atoms with Gasteiger partial charge in [0.05, 0.1) is 11.4 Å². The summed E-state index contributed by atoms with van der Waals surface area (Å²) in [6.07, 6.45) is 1.16. The molecular formula is C13H19ClN4OS. The van der Waals surface area contributed by atoms with Crippen molar-refractivity contribution in [3.63, 3.8) is 0 Å². The summed E-state index contributed by atoms with van der Waals surface area (Å²) >= 11 is 1.62. The minimum Gasteiger partial charge on any atom is -0.338 e. The summed E-state index contributed by atoms with van der Waals surface area (Å²) in [5, 5.41) is 6.04. The second kappa shape index (κ2) is 6.67. The van der Waals surface area contributed by atoms with Gasteiger partial charge in [-0.2, -0.15) is 4.98 Å². The fraction of sp³-hybridized carbons (Fsp3) is 0.538. The van der Waals surface area contributed by atoms with Crippen LogP contribution in [0, 0.1) is 5.92 Å². The van der Waals surface area contributed by atoms with Crippen LogP contribution in [-0.2, 0) is 6.54 Å². The quantitative estimate of drug-likeness (QED) is 0.938. The van der Waals surface area contributed by atoms with Crippen molar-refractivity contribution in [1.29, 1.82) is 0 Å². The van der Waals surface area contributed by atoms with Gasteiger partial charge >= 0.3 is 0 Å². The van der Waals surface area contributed by atoms with Crippen molar-refractivity contribution < 1.29 is 4.52 Å². The second-order valence-corrected chi connectivity index (χ2v) is 6.08. The number of halogens is 1. The van der Waals surface area contributed by atoms with E-state index in [9.17, 15) is 0 Å². The molecule has 2 unspecified atom stereocenters. The molecule has 2 aromatic heterocycles. The molecule has 2 N–H and O–H groups in total. The molecule has 0 aromatic carbocycles. The van der Waals surface area contributed by atoms with Gasteiger partial charge in [-0.25, -0.2) is 0 Å². The van der Waals surface area contributed by atoms with Gasteiger partial charge in [-0.3, -0.25) is 4.90 Å². The minimum absolute atomic E-state index is 0. The van der Waals surface area contributed by atoms with E-state index in [1.54, 1.807) is 11.3 Å². The highest BCUT2D eigenvalue weighted by Crippen LogP contribution is 2.23. The number of likely N-dealkylation sites (tertiary alicyclic amines) is 1. The Bertz CT molecular complexity index is 528. The van der Waals surface area contributed by atoms with Crippen LogP contribution in [0.15, 0.2) is 22.0 Å². The van der Waals surface area contributed by atoms with Crippen molar-refractivity contribution in [2.75, 3.05) is 13.1 Å². The van der Waals surface area contributed by atoms with E-state index < -0.39 is 0 Å². The topological polar surface area (TPSA) is 68.2 Å². The zero-order valence-electron chi connectivity index (χ0n) is 11.4. The first-order valence-corrected chi connectivity index (χ1v) is 7.45. The maximum absolute atomic E-state index is 5.94. The number of thiophene rings is 1. The summed E-state index contributed by atoms with van der Waals surface area (Å²) in [5.41, 5.74) is 5.94. The normalized spacial score (nSPS) is 20.8.